The first-order valence-electron chi connectivity index (χ1n) is 3.54. The molecule has 0 saturated heterocycles. The van der Waals surface area contributed by atoms with E-state index in [4.69, 9.17) is 0 Å². The molecular formula is C9H9NaO3. The van der Waals surface area contributed by atoms with Crippen molar-refractivity contribution >= 4 is 5.97 Å². The Hall–Kier alpha value is -0.350. The summed E-state index contributed by atoms with van der Waals surface area (Å²) >= 11 is 0. The maximum Gasteiger partial charge on any atom is 1.00 e. The van der Waals surface area contributed by atoms with Crippen molar-refractivity contribution in [3.63, 3.8) is 0 Å². The number of aliphatic hydroxyl groups is 1. The van der Waals surface area contributed by atoms with Crippen molar-refractivity contribution in [2.45, 2.75) is 12.5 Å². The Morgan fingerprint density at radius 2 is 1.85 bits per heavy atom. The quantitative estimate of drug-likeness (QED) is 0.493. The first-order chi connectivity index (χ1) is 5.55. The van der Waals surface area contributed by atoms with Crippen LogP contribution in [0.2, 0.25) is 0 Å². The first-order valence-corrected chi connectivity index (χ1v) is 3.54. The van der Waals surface area contributed by atoms with E-state index in [1.165, 1.54) is 19.1 Å². The van der Waals surface area contributed by atoms with Crippen molar-refractivity contribution in [2.75, 3.05) is 0 Å². The molecule has 1 rings (SSSR count). The second-order valence-electron chi connectivity index (χ2n) is 2.73. The molecule has 1 aromatic carbocycles. The zero-order chi connectivity index (χ0) is 9.19. The third-order valence-corrected chi connectivity index (χ3v) is 1.73. The van der Waals surface area contributed by atoms with E-state index in [0.717, 1.165) is 0 Å². The molecule has 3 nitrogen and oxygen atoms in total. The van der Waals surface area contributed by atoms with Gasteiger partial charge in [-0.3, -0.25) is 0 Å². The van der Waals surface area contributed by atoms with Crippen LogP contribution in [0.3, 0.4) is 0 Å². The average Bonchev–Trinajstić information content (AvgIpc) is 2.06. The zero-order valence-electron chi connectivity index (χ0n) is 7.65. The molecule has 0 bridgehead atoms. The second-order valence-corrected chi connectivity index (χ2v) is 2.73. The molecule has 4 heteroatoms. The predicted molar refractivity (Wildman–Crippen MR) is 41.0 cm³/mol. The van der Waals surface area contributed by atoms with Crippen LogP contribution in [0.1, 0.15) is 12.5 Å². The van der Waals surface area contributed by atoms with Gasteiger partial charge >= 0.3 is 29.6 Å². The third kappa shape index (κ3) is 2.81. The van der Waals surface area contributed by atoms with E-state index < -0.39 is 11.6 Å². The molecule has 1 unspecified atom stereocenters. The van der Waals surface area contributed by atoms with E-state index in [0.29, 0.717) is 5.56 Å². The fraction of sp³-hybridized carbons (Fsp3) is 0.222. The monoisotopic (exact) mass is 188 g/mol. The third-order valence-electron chi connectivity index (χ3n) is 1.73. The topological polar surface area (TPSA) is 60.4 Å². The van der Waals surface area contributed by atoms with E-state index in [2.05, 4.69) is 0 Å². The maximum absolute atomic E-state index is 10.5. The molecule has 0 saturated carbocycles. The van der Waals surface area contributed by atoms with Gasteiger partial charge in [0.15, 0.2) is 0 Å². The molecular weight excluding hydrogens is 179 g/mol. The Kier molecular flexibility index (Phi) is 4.64. The summed E-state index contributed by atoms with van der Waals surface area (Å²) in [6, 6.07) is 8.14. The molecule has 0 aliphatic carbocycles. The summed E-state index contributed by atoms with van der Waals surface area (Å²) in [5, 5.41) is 19.9. The van der Waals surface area contributed by atoms with E-state index in [1.54, 1.807) is 18.2 Å². The summed E-state index contributed by atoms with van der Waals surface area (Å²) in [7, 11) is 0. The van der Waals surface area contributed by atoms with Gasteiger partial charge in [0.05, 0.1) is 5.97 Å². The Bertz CT molecular complexity index is 282. The fourth-order valence-corrected chi connectivity index (χ4v) is 0.881. The van der Waals surface area contributed by atoms with Crippen LogP contribution in [0.15, 0.2) is 30.3 Å². The Morgan fingerprint density at radius 1 is 1.38 bits per heavy atom. The molecule has 0 heterocycles. The summed E-state index contributed by atoms with van der Waals surface area (Å²) in [5.74, 6) is -1.49. The molecule has 0 aromatic heterocycles. The van der Waals surface area contributed by atoms with Gasteiger partial charge in [0.1, 0.15) is 5.60 Å². The van der Waals surface area contributed by atoms with Crippen LogP contribution in [-0.4, -0.2) is 11.1 Å². The van der Waals surface area contributed by atoms with E-state index in [1.807, 2.05) is 0 Å². The summed E-state index contributed by atoms with van der Waals surface area (Å²) < 4.78 is 0. The second kappa shape index (κ2) is 4.77. The van der Waals surface area contributed by atoms with Crippen LogP contribution >= 0.6 is 0 Å². The van der Waals surface area contributed by atoms with Gasteiger partial charge in [-0.05, 0) is 12.5 Å². The summed E-state index contributed by atoms with van der Waals surface area (Å²) in [6.45, 7) is 1.19. The minimum absolute atomic E-state index is 0. The van der Waals surface area contributed by atoms with E-state index in [-0.39, 0.29) is 29.6 Å². The van der Waals surface area contributed by atoms with Crippen LogP contribution in [0.4, 0.5) is 0 Å². The minimum Gasteiger partial charge on any atom is -0.547 e. The molecule has 13 heavy (non-hydrogen) atoms. The standard InChI is InChI=1S/C9H10O3.Na/c1-9(12,8(10)11)7-5-3-2-4-6-7;/h2-6,12H,1H3,(H,10,11);/q;+1/p-1. The molecule has 1 atom stereocenters. The summed E-state index contributed by atoms with van der Waals surface area (Å²) in [6.07, 6.45) is 0. The number of hydrogen-bond acceptors (Lipinski definition) is 3. The fourth-order valence-electron chi connectivity index (χ4n) is 0.881. The van der Waals surface area contributed by atoms with Crippen LogP contribution in [0.5, 0.6) is 0 Å². The van der Waals surface area contributed by atoms with Crippen LogP contribution < -0.4 is 34.7 Å². The van der Waals surface area contributed by atoms with Gasteiger partial charge in [0, 0.05) is 0 Å². The van der Waals surface area contributed by atoms with Crippen molar-refractivity contribution in [2.24, 2.45) is 0 Å². The number of carbonyl (C=O) groups is 1. The molecule has 0 radical (unpaired) electrons. The van der Waals surface area contributed by atoms with Crippen molar-refractivity contribution < 1.29 is 44.6 Å². The molecule has 0 aliphatic rings. The van der Waals surface area contributed by atoms with Crippen LogP contribution in [0, 0.1) is 0 Å². The van der Waals surface area contributed by atoms with Gasteiger partial charge in [0.2, 0.25) is 0 Å². The van der Waals surface area contributed by atoms with Crippen LogP contribution in [-0.2, 0) is 10.4 Å². The summed E-state index contributed by atoms with van der Waals surface area (Å²) in [5.41, 5.74) is -1.58. The van der Waals surface area contributed by atoms with Crippen molar-refractivity contribution in [3.8, 4) is 0 Å². The summed E-state index contributed by atoms with van der Waals surface area (Å²) in [4.78, 5) is 10.5. The normalized spacial score (nSPS) is 14.0. The molecule has 1 N–H and O–H groups in total. The molecule has 0 spiro atoms. The molecule has 0 fully saturated rings. The SMILES string of the molecule is CC(O)(C(=O)[O-])c1ccccc1.[Na+]. The largest absolute Gasteiger partial charge is 1.00 e. The van der Waals surface area contributed by atoms with Crippen molar-refractivity contribution in [1.29, 1.82) is 0 Å². The number of carboxylic acids is 1. The number of benzene rings is 1. The number of carbonyl (C=O) groups excluding carboxylic acids is 1. The Balaban J connectivity index is 0.00000144. The number of carboxylic acid groups (broad SMARTS) is 1. The number of rotatable bonds is 2. The van der Waals surface area contributed by atoms with Gasteiger partial charge in [-0.15, -0.1) is 0 Å². The molecule has 0 amide bonds. The van der Waals surface area contributed by atoms with Crippen molar-refractivity contribution in [3.05, 3.63) is 35.9 Å². The van der Waals surface area contributed by atoms with Crippen LogP contribution in [0.25, 0.3) is 0 Å². The number of hydrogen-bond donors (Lipinski definition) is 1. The Morgan fingerprint density at radius 3 is 2.23 bits per heavy atom. The Labute approximate surface area is 98.7 Å². The van der Waals surface area contributed by atoms with E-state index in [9.17, 15) is 15.0 Å². The van der Waals surface area contributed by atoms with E-state index >= 15 is 0 Å². The predicted octanol–water partition coefficient (Wildman–Crippen LogP) is -3.35. The van der Waals surface area contributed by atoms with Gasteiger partial charge < -0.3 is 15.0 Å². The van der Waals surface area contributed by atoms with Gasteiger partial charge in [-0.1, -0.05) is 30.3 Å². The van der Waals surface area contributed by atoms with Gasteiger partial charge in [0.25, 0.3) is 0 Å². The number of aliphatic carboxylic acids is 1. The van der Waals surface area contributed by atoms with Gasteiger partial charge in [-0.2, -0.15) is 0 Å². The minimum atomic E-state index is -1.90. The molecule has 1 aromatic rings. The van der Waals surface area contributed by atoms with Crippen molar-refractivity contribution in [1.82, 2.24) is 0 Å². The average molecular weight is 188 g/mol. The smallest absolute Gasteiger partial charge is 0.547 e. The zero-order valence-corrected chi connectivity index (χ0v) is 9.65. The maximum atomic E-state index is 10.5. The van der Waals surface area contributed by atoms with Gasteiger partial charge in [-0.25, -0.2) is 0 Å². The molecule has 0 aliphatic heterocycles. The first kappa shape index (κ1) is 12.7. The molecule has 64 valence electrons.